The lowest BCUT2D eigenvalue weighted by Gasteiger charge is -2.41. The van der Waals surface area contributed by atoms with E-state index in [9.17, 15) is 9.59 Å². The summed E-state index contributed by atoms with van der Waals surface area (Å²) in [6, 6.07) is 9.22. The van der Waals surface area contributed by atoms with Crippen LogP contribution in [-0.4, -0.2) is 42.9 Å². The summed E-state index contributed by atoms with van der Waals surface area (Å²) in [6.07, 6.45) is 3.23. The zero-order valence-corrected chi connectivity index (χ0v) is 16.7. The topological polar surface area (TPSA) is 67.9 Å². The van der Waals surface area contributed by atoms with E-state index in [-0.39, 0.29) is 18.8 Å². The Hall–Kier alpha value is -2.34. The van der Waals surface area contributed by atoms with Crippen LogP contribution in [-0.2, 0) is 14.3 Å². The van der Waals surface area contributed by atoms with Gasteiger partial charge in [0.2, 0.25) is 0 Å². The van der Waals surface area contributed by atoms with Gasteiger partial charge in [-0.1, -0.05) is 56.5 Å². The molecular formula is C21H30N2O4. The Morgan fingerprint density at radius 3 is 2.44 bits per heavy atom. The van der Waals surface area contributed by atoms with Gasteiger partial charge >= 0.3 is 12.1 Å². The zero-order chi connectivity index (χ0) is 19.8. The number of carbonyl (C=O) groups excluding carboxylic acids is 2. The Kier molecular flexibility index (Phi) is 7.85. The minimum atomic E-state index is -0.460. The van der Waals surface area contributed by atoms with E-state index in [4.69, 9.17) is 9.47 Å². The molecule has 6 heteroatoms. The number of esters is 1. The Bertz CT molecular complexity index is 672. The number of ether oxygens (including phenoxy) is 2. The van der Waals surface area contributed by atoms with Crippen LogP contribution in [0.2, 0.25) is 0 Å². The number of hydrogen-bond donors (Lipinski definition) is 1. The van der Waals surface area contributed by atoms with Crippen molar-refractivity contribution in [1.29, 1.82) is 0 Å². The number of nitrogens with zero attached hydrogens (tertiary/aromatic N) is 1. The van der Waals surface area contributed by atoms with Crippen LogP contribution in [0.5, 0.6) is 0 Å². The van der Waals surface area contributed by atoms with Gasteiger partial charge in [-0.25, -0.2) is 9.59 Å². The summed E-state index contributed by atoms with van der Waals surface area (Å²) in [5, 5.41) is 3.40. The molecule has 2 rings (SSSR count). The fraction of sp³-hybridized carbons (Fsp3) is 0.524. The standard InChI is InChI=1S/C21H30N2O4/c1-5-7-9-14-17-22-15(3)18(20(24)26-4)19(16-12-10-8-11-13-16)23(17)21(25)27-6-2/h8,10-13,15,17,22H,5-7,9,14H2,1-4H3. The van der Waals surface area contributed by atoms with Crippen LogP contribution < -0.4 is 5.32 Å². The van der Waals surface area contributed by atoms with Gasteiger partial charge in [0.15, 0.2) is 0 Å². The molecule has 1 heterocycles. The lowest BCUT2D eigenvalue weighted by atomic mass is 9.95. The molecule has 0 spiro atoms. The number of amides is 1. The number of nitrogens with one attached hydrogen (secondary N) is 1. The van der Waals surface area contributed by atoms with E-state index in [2.05, 4.69) is 12.2 Å². The van der Waals surface area contributed by atoms with Gasteiger partial charge in [0.25, 0.3) is 0 Å². The Balaban J connectivity index is 2.58. The van der Waals surface area contributed by atoms with Crippen molar-refractivity contribution in [3.63, 3.8) is 0 Å². The first kappa shape index (κ1) is 21.0. The van der Waals surface area contributed by atoms with E-state index < -0.39 is 12.1 Å². The normalized spacial score (nSPS) is 19.8. The van der Waals surface area contributed by atoms with Gasteiger partial charge in [-0.3, -0.25) is 10.2 Å². The third-order valence-electron chi connectivity index (χ3n) is 4.68. The van der Waals surface area contributed by atoms with Crippen molar-refractivity contribution in [3.8, 4) is 0 Å². The lowest BCUT2D eigenvalue weighted by molar-refractivity contribution is -0.136. The maximum atomic E-state index is 12.9. The molecule has 0 fully saturated rings. The van der Waals surface area contributed by atoms with Gasteiger partial charge in [0.1, 0.15) is 0 Å². The number of rotatable bonds is 7. The first-order valence-corrected chi connectivity index (χ1v) is 9.65. The molecule has 1 aromatic rings. The number of hydrogen-bond acceptors (Lipinski definition) is 5. The molecule has 27 heavy (non-hydrogen) atoms. The van der Waals surface area contributed by atoms with Crippen LogP contribution in [0.15, 0.2) is 35.9 Å². The fourth-order valence-corrected chi connectivity index (χ4v) is 3.42. The van der Waals surface area contributed by atoms with E-state index in [0.29, 0.717) is 11.3 Å². The predicted molar refractivity (Wildman–Crippen MR) is 105 cm³/mol. The van der Waals surface area contributed by atoms with Crippen LogP contribution in [0.3, 0.4) is 0 Å². The van der Waals surface area contributed by atoms with Gasteiger partial charge in [-0.05, 0) is 25.8 Å². The van der Waals surface area contributed by atoms with Gasteiger partial charge in [-0.15, -0.1) is 0 Å². The number of carbonyl (C=O) groups is 2. The Morgan fingerprint density at radius 1 is 1.15 bits per heavy atom. The van der Waals surface area contributed by atoms with Crippen molar-refractivity contribution in [2.24, 2.45) is 0 Å². The monoisotopic (exact) mass is 374 g/mol. The van der Waals surface area contributed by atoms with E-state index in [1.54, 1.807) is 11.8 Å². The molecular weight excluding hydrogens is 344 g/mol. The second kappa shape index (κ2) is 10.1. The second-order valence-electron chi connectivity index (χ2n) is 6.59. The summed E-state index contributed by atoms with van der Waals surface area (Å²) in [5.74, 6) is -0.449. The maximum absolute atomic E-state index is 12.9. The zero-order valence-electron chi connectivity index (χ0n) is 16.7. The summed E-state index contributed by atoms with van der Waals surface area (Å²) in [6.45, 7) is 6.11. The van der Waals surface area contributed by atoms with Crippen LogP contribution in [0, 0.1) is 0 Å². The van der Waals surface area contributed by atoms with Crippen LogP contribution in [0.4, 0.5) is 4.79 Å². The highest BCUT2D eigenvalue weighted by atomic mass is 16.6. The van der Waals surface area contributed by atoms with Crippen molar-refractivity contribution < 1.29 is 19.1 Å². The minimum absolute atomic E-state index is 0.241. The van der Waals surface area contributed by atoms with Crippen molar-refractivity contribution >= 4 is 17.8 Å². The molecule has 2 atom stereocenters. The van der Waals surface area contributed by atoms with Gasteiger partial charge in [0.05, 0.1) is 31.2 Å². The predicted octanol–water partition coefficient (Wildman–Crippen LogP) is 3.93. The van der Waals surface area contributed by atoms with Crippen LogP contribution >= 0.6 is 0 Å². The molecule has 148 valence electrons. The summed E-state index contributed by atoms with van der Waals surface area (Å²) < 4.78 is 10.3. The minimum Gasteiger partial charge on any atom is -0.466 e. The van der Waals surface area contributed by atoms with Gasteiger partial charge < -0.3 is 9.47 Å². The summed E-state index contributed by atoms with van der Waals surface area (Å²) in [4.78, 5) is 27.0. The molecule has 2 unspecified atom stereocenters. The summed E-state index contributed by atoms with van der Waals surface area (Å²) in [5.41, 5.74) is 1.79. The van der Waals surface area contributed by atoms with E-state index in [1.807, 2.05) is 37.3 Å². The molecule has 0 saturated heterocycles. The van der Waals surface area contributed by atoms with Crippen molar-refractivity contribution in [1.82, 2.24) is 10.2 Å². The highest BCUT2D eigenvalue weighted by molar-refractivity contribution is 6.01. The van der Waals surface area contributed by atoms with Gasteiger partial charge in [-0.2, -0.15) is 0 Å². The average molecular weight is 374 g/mol. The van der Waals surface area contributed by atoms with E-state index >= 15 is 0 Å². The smallest absolute Gasteiger partial charge is 0.415 e. The Morgan fingerprint density at radius 2 is 1.85 bits per heavy atom. The number of unbranched alkanes of at least 4 members (excludes halogenated alkanes) is 2. The second-order valence-corrected chi connectivity index (χ2v) is 6.59. The molecule has 0 aliphatic carbocycles. The summed E-state index contributed by atoms with van der Waals surface area (Å²) in [7, 11) is 1.35. The van der Waals surface area contributed by atoms with Crippen molar-refractivity contribution in [3.05, 3.63) is 41.5 Å². The highest BCUT2D eigenvalue weighted by Gasteiger charge is 2.40. The van der Waals surface area contributed by atoms with Crippen LogP contribution in [0.25, 0.3) is 5.70 Å². The molecule has 1 aliphatic rings. The van der Waals surface area contributed by atoms with E-state index in [0.717, 1.165) is 31.2 Å². The molecule has 1 aliphatic heterocycles. The molecule has 0 saturated carbocycles. The van der Waals surface area contributed by atoms with Crippen molar-refractivity contribution in [2.75, 3.05) is 13.7 Å². The van der Waals surface area contributed by atoms with Crippen LogP contribution in [0.1, 0.15) is 52.0 Å². The van der Waals surface area contributed by atoms with E-state index in [1.165, 1.54) is 7.11 Å². The SMILES string of the molecule is CCCCCC1NC(C)C(C(=O)OC)=C(c2ccccc2)N1C(=O)OCC. The fourth-order valence-electron chi connectivity index (χ4n) is 3.42. The molecule has 6 nitrogen and oxygen atoms in total. The molecule has 1 aromatic carbocycles. The first-order chi connectivity index (χ1) is 13.0. The Labute approximate surface area is 161 Å². The average Bonchev–Trinajstić information content (AvgIpc) is 2.68. The first-order valence-electron chi connectivity index (χ1n) is 9.65. The molecule has 1 N–H and O–H groups in total. The quantitative estimate of drug-likeness (QED) is 0.579. The number of methoxy groups -OCH3 is 1. The maximum Gasteiger partial charge on any atom is 0.415 e. The van der Waals surface area contributed by atoms with Crippen molar-refractivity contribution in [2.45, 2.75) is 58.7 Å². The molecule has 0 aromatic heterocycles. The third kappa shape index (κ3) is 4.89. The lowest BCUT2D eigenvalue weighted by Crippen LogP contribution is -2.56. The third-order valence-corrected chi connectivity index (χ3v) is 4.68. The molecule has 0 bridgehead atoms. The van der Waals surface area contributed by atoms with Gasteiger partial charge in [0, 0.05) is 6.04 Å². The highest BCUT2D eigenvalue weighted by Crippen LogP contribution is 2.33. The number of benzene rings is 1. The largest absolute Gasteiger partial charge is 0.466 e. The molecule has 1 amide bonds. The molecule has 0 radical (unpaired) electrons. The summed E-state index contributed by atoms with van der Waals surface area (Å²) >= 11 is 0.